The van der Waals surface area contributed by atoms with Gasteiger partial charge in [-0.15, -0.1) is 0 Å². The van der Waals surface area contributed by atoms with Crippen LogP contribution in [0.25, 0.3) is 6.08 Å². The van der Waals surface area contributed by atoms with Crippen LogP contribution < -0.4 is 10.6 Å². The second-order valence-electron chi connectivity index (χ2n) is 6.28. The minimum absolute atomic E-state index is 0.175. The molecule has 2 aromatic rings. The van der Waals surface area contributed by atoms with Crippen molar-refractivity contribution in [1.29, 1.82) is 0 Å². The molecule has 1 aliphatic heterocycles. The average Bonchev–Trinajstić information content (AvgIpc) is 2.63. The molecule has 0 saturated heterocycles. The monoisotopic (exact) mass is 332 g/mol. The molecule has 0 amide bonds. The standard InChI is InChI=1S/C21H20N2S/c24-21-22-19(16-10-5-2-6-11-16)18-13-7-12-17(20(18)23-21)14-15-8-3-1-4-9-15/h1-6,8-11,14,19H,7,12-13H2,(H2,22,23,24). The van der Waals surface area contributed by atoms with Crippen LogP contribution in [0, 0.1) is 0 Å². The van der Waals surface area contributed by atoms with Crippen molar-refractivity contribution in [3.05, 3.63) is 88.6 Å². The Hall–Kier alpha value is -2.39. The zero-order valence-electron chi connectivity index (χ0n) is 13.5. The maximum Gasteiger partial charge on any atom is 0.171 e. The highest BCUT2D eigenvalue weighted by Gasteiger charge is 2.30. The third kappa shape index (κ3) is 3.00. The van der Waals surface area contributed by atoms with Crippen molar-refractivity contribution >= 4 is 23.4 Å². The molecule has 4 rings (SSSR count). The van der Waals surface area contributed by atoms with Crippen molar-refractivity contribution in [3.63, 3.8) is 0 Å². The predicted molar refractivity (Wildman–Crippen MR) is 103 cm³/mol. The summed E-state index contributed by atoms with van der Waals surface area (Å²) in [5, 5.41) is 7.58. The minimum atomic E-state index is 0.175. The number of hydrogen-bond donors (Lipinski definition) is 2. The van der Waals surface area contributed by atoms with E-state index in [1.807, 2.05) is 0 Å². The van der Waals surface area contributed by atoms with Crippen LogP contribution >= 0.6 is 12.2 Å². The molecule has 1 atom stereocenters. The molecule has 0 aromatic heterocycles. The van der Waals surface area contributed by atoms with Crippen LogP contribution in [0.15, 0.2) is 77.5 Å². The second kappa shape index (κ2) is 6.62. The van der Waals surface area contributed by atoms with Gasteiger partial charge in [0.1, 0.15) is 0 Å². The van der Waals surface area contributed by atoms with Crippen molar-refractivity contribution in [1.82, 2.24) is 10.6 Å². The van der Waals surface area contributed by atoms with Crippen LogP contribution in [-0.4, -0.2) is 5.11 Å². The molecule has 120 valence electrons. The summed E-state index contributed by atoms with van der Waals surface area (Å²) in [5.41, 5.74) is 6.51. The number of allylic oxidation sites excluding steroid dienone is 1. The van der Waals surface area contributed by atoms with Gasteiger partial charge in [0.15, 0.2) is 5.11 Å². The van der Waals surface area contributed by atoms with Crippen LogP contribution in [0.1, 0.15) is 36.4 Å². The first-order valence-corrected chi connectivity index (χ1v) is 8.83. The van der Waals surface area contributed by atoms with E-state index < -0.39 is 0 Å². The van der Waals surface area contributed by atoms with E-state index in [4.69, 9.17) is 12.2 Å². The topological polar surface area (TPSA) is 24.1 Å². The Labute approximate surface area is 148 Å². The van der Waals surface area contributed by atoms with E-state index >= 15 is 0 Å². The maximum absolute atomic E-state index is 5.49. The van der Waals surface area contributed by atoms with Crippen molar-refractivity contribution in [3.8, 4) is 0 Å². The largest absolute Gasteiger partial charge is 0.352 e. The molecule has 0 fully saturated rings. The van der Waals surface area contributed by atoms with E-state index in [0.29, 0.717) is 5.11 Å². The lowest BCUT2D eigenvalue weighted by Crippen LogP contribution is -2.45. The fraction of sp³-hybridized carbons (Fsp3) is 0.190. The Morgan fingerprint density at radius 2 is 1.62 bits per heavy atom. The fourth-order valence-electron chi connectivity index (χ4n) is 3.57. The molecule has 0 bridgehead atoms. The summed E-state index contributed by atoms with van der Waals surface area (Å²) in [7, 11) is 0. The summed E-state index contributed by atoms with van der Waals surface area (Å²) in [6, 6.07) is 21.3. The molecule has 1 heterocycles. The minimum Gasteiger partial charge on any atom is -0.352 e. The Bertz CT molecular complexity index is 806. The molecule has 2 N–H and O–H groups in total. The van der Waals surface area contributed by atoms with E-state index in [9.17, 15) is 0 Å². The summed E-state index contributed by atoms with van der Waals surface area (Å²) >= 11 is 5.49. The first kappa shape index (κ1) is 15.2. The average molecular weight is 332 g/mol. The summed E-state index contributed by atoms with van der Waals surface area (Å²) in [5.74, 6) is 0. The zero-order chi connectivity index (χ0) is 16.4. The third-order valence-electron chi connectivity index (χ3n) is 4.67. The van der Waals surface area contributed by atoms with Gasteiger partial charge in [-0.2, -0.15) is 0 Å². The lowest BCUT2D eigenvalue weighted by molar-refractivity contribution is 0.609. The predicted octanol–water partition coefficient (Wildman–Crippen LogP) is 4.73. The number of hydrogen-bond acceptors (Lipinski definition) is 1. The van der Waals surface area contributed by atoms with Gasteiger partial charge in [0.05, 0.1) is 6.04 Å². The van der Waals surface area contributed by atoms with Gasteiger partial charge in [-0.05, 0) is 59.8 Å². The van der Waals surface area contributed by atoms with E-state index in [1.165, 1.54) is 34.4 Å². The van der Waals surface area contributed by atoms with Gasteiger partial charge in [-0.25, -0.2) is 0 Å². The molecule has 0 radical (unpaired) electrons. The molecular formula is C21H20N2S. The van der Waals surface area contributed by atoms with Crippen molar-refractivity contribution in [2.45, 2.75) is 25.3 Å². The van der Waals surface area contributed by atoms with E-state index in [0.717, 1.165) is 12.8 Å². The van der Waals surface area contributed by atoms with Crippen molar-refractivity contribution in [2.24, 2.45) is 0 Å². The van der Waals surface area contributed by atoms with E-state index in [1.54, 1.807) is 0 Å². The highest BCUT2D eigenvalue weighted by atomic mass is 32.1. The molecule has 2 aromatic carbocycles. The van der Waals surface area contributed by atoms with Crippen molar-refractivity contribution < 1.29 is 0 Å². The molecule has 2 aliphatic rings. The first-order chi connectivity index (χ1) is 11.8. The van der Waals surface area contributed by atoms with Crippen LogP contribution in [0.3, 0.4) is 0 Å². The van der Waals surface area contributed by atoms with Crippen LogP contribution in [0.5, 0.6) is 0 Å². The lowest BCUT2D eigenvalue weighted by Gasteiger charge is -2.36. The molecule has 24 heavy (non-hydrogen) atoms. The van der Waals surface area contributed by atoms with Gasteiger partial charge in [-0.1, -0.05) is 60.7 Å². The number of rotatable bonds is 2. The number of benzene rings is 2. The molecule has 1 unspecified atom stereocenters. The quantitative estimate of drug-likeness (QED) is 0.778. The Morgan fingerprint density at radius 3 is 2.38 bits per heavy atom. The molecule has 0 saturated carbocycles. The summed E-state index contributed by atoms with van der Waals surface area (Å²) < 4.78 is 0. The SMILES string of the molecule is S=C1NC2=C(CCCC2=Cc2ccccc2)C(c2ccccc2)N1. The normalized spacial score (nSPS) is 21.9. The van der Waals surface area contributed by atoms with Gasteiger partial charge in [0.25, 0.3) is 0 Å². The van der Waals surface area contributed by atoms with Crippen LogP contribution in [0.4, 0.5) is 0 Å². The highest BCUT2D eigenvalue weighted by molar-refractivity contribution is 7.80. The fourth-order valence-corrected chi connectivity index (χ4v) is 3.79. The van der Waals surface area contributed by atoms with E-state index in [-0.39, 0.29) is 6.04 Å². The van der Waals surface area contributed by atoms with Gasteiger partial charge < -0.3 is 10.6 Å². The molecule has 2 nitrogen and oxygen atoms in total. The summed E-state index contributed by atoms with van der Waals surface area (Å²) in [6.07, 6.45) is 5.66. The number of thiocarbonyl (C=S) groups is 1. The Kier molecular flexibility index (Phi) is 4.18. The van der Waals surface area contributed by atoms with Crippen molar-refractivity contribution in [2.75, 3.05) is 0 Å². The van der Waals surface area contributed by atoms with Gasteiger partial charge >= 0.3 is 0 Å². The summed E-state index contributed by atoms with van der Waals surface area (Å²) in [4.78, 5) is 0. The summed E-state index contributed by atoms with van der Waals surface area (Å²) in [6.45, 7) is 0. The number of nitrogens with one attached hydrogen (secondary N) is 2. The molecule has 0 spiro atoms. The smallest absolute Gasteiger partial charge is 0.171 e. The molecule has 1 aliphatic carbocycles. The molecule has 3 heteroatoms. The second-order valence-corrected chi connectivity index (χ2v) is 6.68. The Balaban J connectivity index is 1.77. The third-order valence-corrected chi connectivity index (χ3v) is 4.89. The van der Waals surface area contributed by atoms with Gasteiger partial charge in [-0.3, -0.25) is 0 Å². The zero-order valence-corrected chi connectivity index (χ0v) is 14.3. The maximum atomic E-state index is 5.49. The Morgan fingerprint density at radius 1 is 0.917 bits per heavy atom. The molecular weight excluding hydrogens is 312 g/mol. The van der Waals surface area contributed by atoms with Crippen LogP contribution in [0.2, 0.25) is 0 Å². The van der Waals surface area contributed by atoms with E-state index in [2.05, 4.69) is 77.4 Å². The highest BCUT2D eigenvalue weighted by Crippen LogP contribution is 2.38. The lowest BCUT2D eigenvalue weighted by atomic mass is 9.83. The van der Waals surface area contributed by atoms with Gasteiger partial charge in [0, 0.05) is 5.70 Å². The van der Waals surface area contributed by atoms with Crippen LogP contribution in [-0.2, 0) is 0 Å². The van der Waals surface area contributed by atoms with Gasteiger partial charge in [0.2, 0.25) is 0 Å². The first-order valence-electron chi connectivity index (χ1n) is 8.43.